The Kier molecular flexibility index (Phi) is 5.85. The maximum absolute atomic E-state index is 13.7. The van der Waals surface area contributed by atoms with Crippen molar-refractivity contribution in [1.29, 1.82) is 0 Å². The molecule has 4 rings (SSSR count). The molecule has 2 heterocycles. The van der Waals surface area contributed by atoms with Gasteiger partial charge in [-0.2, -0.15) is 0 Å². The summed E-state index contributed by atoms with van der Waals surface area (Å²) >= 11 is 0. The molecule has 0 aromatic heterocycles. The van der Waals surface area contributed by atoms with Gasteiger partial charge in [0.1, 0.15) is 5.54 Å². The van der Waals surface area contributed by atoms with Crippen molar-refractivity contribution in [2.24, 2.45) is 17.6 Å². The quantitative estimate of drug-likeness (QED) is 0.380. The van der Waals surface area contributed by atoms with Gasteiger partial charge in [-0.15, -0.1) is 0 Å². The van der Waals surface area contributed by atoms with E-state index < -0.39 is 46.9 Å². The highest BCUT2D eigenvalue weighted by atomic mass is 16.4. The number of benzene rings is 2. The molecule has 0 radical (unpaired) electrons. The summed E-state index contributed by atoms with van der Waals surface area (Å²) in [4.78, 5) is 52.4. The predicted molar refractivity (Wildman–Crippen MR) is 126 cm³/mol. The summed E-state index contributed by atoms with van der Waals surface area (Å²) in [6.07, 6.45) is 0.312. The van der Waals surface area contributed by atoms with Crippen LogP contribution in [0, 0.1) is 11.8 Å². The molecule has 0 saturated carbocycles. The average molecular weight is 467 g/mol. The van der Waals surface area contributed by atoms with Crippen molar-refractivity contribution in [2.75, 3.05) is 6.54 Å². The topological polar surface area (TPSA) is 142 Å². The van der Waals surface area contributed by atoms with Gasteiger partial charge in [-0.05, 0) is 49.9 Å². The number of carbonyl (C=O) groups excluding carboxylic acids is 3. The van der Waals surface area contributed by atoms with Crippen LogP contribution >= 0.6 is 0 Å². The lowest BCUT2D eigenvalue weighted by molar-refractivity contribution is -0.154. The molecule has 4 amide bonds. The Labute approximate surface area is 197 Å². The average Bonchev–Trinajstić information content (AvgIpc) is 3.25. The highest BCUT2D eigenvalue weighted by Gasteiger charge is 2.69. The SMILES string of the molecule is CC(C)(C)N1C(=O)C2C(c3cccc4ccccc34)NC(CCCNC(N)=O)(C(=O)O)C2C1=O. The van der Waals surface area contributed by atoms with Crippen molar-refractivity contribution >= 4 is 34.6 Å². The van der Waals surface area contributed by atoms with E-state index in [1.54, 1.807) is 20.8 Å². The summed E-state index contributed by atoms with van der Waals surface area (Å²) in [7, 11) is 0. The minimum absolute atomic E-state index is 0.0437. The van der Waals surface area contributed by atoms with Crippen molar-refractivity contribution in [2.45, 2.75) is 50.7 Å². The molecule has 4 unspecified atom stereocenters. The Morgan fingerprint density at radius 3 is 2.44 bits per heavy atom. The first-order valence-corrected chi connectivity index (χ1v) is 11.4. The number of fused-ring (bicyclic) bond motifs is 2. The smallest absolute Gasteiger partial charge is 0.324 e. The van der Waals surface area contributed by atoms with Crippen LogP contribution in [0.5, 0.6) is 0 Å². The fraction of sp³-hybridized carbons (Fsp3) is 0.440. The predicted octanol–water partition coefficient (Wildman–Crippen LogP) is 2.16. The first kappa shape index (κ1) is 23.7. The van der Waals surface area contributed by atoms with E-state index in [-0.39, 0.29) is 25.3 Å². The van der Waals surface area contributed by atoms with Gasteiger partial charge < -0.3 is 16.2 Å². The van der Waals surface area contributed by atoms with E-state index >= 15 is 0 Å². The Morgan fingerprint density at radius 1 is 1.12 bits per heavy atom. The van der Waals surface area contributed by atoms with E-state index in [0.29, 0.717) is 0 Å². The number of hydrogen-bond acceptors (Lipinski definition) is 5. The number of amides is 4. The van der Waals surface area contributed by atoms with E-state index in [9.17, 15) is 24.3 Å². The number of nitrogens with zero attached hydrogens (tertiary/aromatic N) is 1. The molecule has 0 bridgehead atoms. The summed E-state index contributed by atoms with van der Waals surface area (Å²) < 4.78 is 0. The monoisotopic (exact) mass is 466 g/mol. The first-order chi connectivity index (χ1) is 16.0. The summed E-state index contributed by atoms with van der Waals surface area (Å²) in [6.45, 7) is 5.46. The van der Waals surface area contributed by atoms with Gasteiger partial charge in [0.15, 0.2) is 0 Å². The summed E-state index contributed by atoms with van der Waals surface area (Å²) in [5, 5.41) is 18.0. The minimum atomic E-state index is -1.67. The van der Waals surface area contributed by atoms with Crippen LogP contribution in [0.2, 0.25) is 0 Å². The number of carbonyl (C=O) groups is 4. The third-order valence-electron chi connectivity index (χ3n) is 6.91. The lowest BCUT2D eigenvalue weighted by atomic mass is 9.76. The molecule has 2 aromatic rings. The maximum atomic E-state index is 13.7. The van der Waals surface area contributed by atoms with Gasteiger partial charge in [0, 0.05) is 18.1 Å². The molecule has 5 N–H and O–H groups in total. The third kappa shape index (κ3) is 3.69. The molecule has 9 nitrogen and oxygen atoms in total. The highest BCUT2D eigenvalue weighted by molar-refractivity contribution is 6.10. The van der Waals surface area contributed by atoms with E-state index in [4.69, 9.17) is 5.73 Å². The van der Waals surface area contributed by atoms with Crippen LogP contribution in [-0.2, 0) is 14.4 Å². The molecule has 180 valence electrons. The molecule has 9 heteroatoms. The Hall–Kier alpha value is -3.46. The zero-order chi connectivity index (χ0) is 24.8. The third-order valence-corrected chi connectivity index (χ3v) is 6.91. The molecule has 2 fully saturated rings. The Bertz CT molecular complexity index is 1170. The molecular weight excluding hydrogens is 436 g/mol. The normalized spacial score (nSPS) is 26.7. The van der Waals surface area contributed by atoms with E-state index in [0.717, 1.165) is 16.3 Å². The number of primary amides is 1. The molecule has 2 aromatic carbocycles. The van der Waals surface area contributed by atoms with Crippen molar-refractivity contribution in [3.8, 4) is 0 Å². The summed E-state index contributed by atoms with van der Waals surface area (Å²) in [5.41, 5.74) is 3.46. The number of nitrogens with one attached hydrogen (secondary N) is 2. The Morgan fingerprint density at radius 2 is 1.79 bits per heavy atom. The molecule has 34 heavy (non-hydrogen) atoms. The minimum Gasteiger partial charge on any atom is -0.480 e. The van der Waals surface area contributed by atoms with Crippen molar-refractivity contribution in [3.05, 3.63) is 48.0 Å². The molecular formula is C25H30N4O5. The van der Waals surface area contributed by atoms with E-state index in [1.165, 1.54) is 4.90 Å². The molecule has 2 aliphatic heterocycles. The number of carboxylic acid groups (broad SMARTS) is 1. The van der Waals surface area contributed by atoms with Gasteiger partial charge in [0.2, 0.25) is 11.8 Å². The number of carboxylic acids is 1. The summed E-state index contributed by atoms with van der Waals surface area (Å²) in [6, 6.07) is 12.0. The number of hydrogen-bond donors (Lipinski definition) is 4. The number of nitrogens with two attached hydrogens (primary N) is 1. The van der Waals surface area contributed by atoms with Crippen LogP contribution in [0.15, 0.2) is 42.5 Å². The highest BCUT2D eigenvalue weighted by Crippen LogP contribution is 2.52. The zero-order valence-electron chi connectivity index (χ0n) is 19.5. The van der Waals surface area contributed by atoms with Crippen LogP contribution in [0.1, 0.15) is 45.2 Å². The van der Waals surface area contributed by atoms with Gasteiger partial charge in [0.05, 0.1) is 11.8 Å². The van der Waals surface area contributed by atoms with Crippen LogP contribution in [0.4, 0.5) is 4.79 Å². The number of rotatable bonds is 6. The van der Waals surface area contributed by atoms with Crippen LogP contribution < -0.4 is 16.4 Å². The number of likely N-dealkylation sites (tertiary alicyclic amines) is 1. The Balaban J connectivity index is 1.84. The van der Waals surface area contributed by atoms with E-state index in [1.807, 2.05) is 42.5 Å². The lowest BCUT2D eigenvalue weighted by Gasteiger charge is -2.35. The molecule has 0 aliphatic carbocycles. The van der Waals surface area contributed by atoms with Gasteiger partial charge in [-0.25, -0.2) is 4.79 Å². The molecule has 4 atom stereocenters. The fourth-order valence-corrected chi connectivity index (χ4v) is 5.56. The second-order valence-corrected chi connectivity index (χ2v) is 10.0. The van der Waals surface area contributed by atoms with Gasteiger partial charge in [-0.1, -0.05) is 42.5 Å². The van der Waals surface area contributed by atoms with Crippen molar-refractivity contribution in [3.63, 3.8) is 0 Å². The van der Waals surface area contributed by atoms with Crippen LogP contribution in [0.3, 0.4) is 0 Å². The largest absolute Gasteiger partial charge is 0.480 e. The van der Waals surface area contributed by atoms with Gasteiger partial charge in [-0.3, -0.25) is 24.6 Å². The van der Waals surface area contributed by atoms with Crippen LogP contribution in [-0.4, -0.2) is 51.4 Å². The second kappa shape index (κ2) is 8.39. The van der Waals surface area contributed by atoms with Crippen molar-refractivity contribution < 1.29 is 24.3 Å². The van der Waals surface area contributed by atoms with Crippen molar-refractivity contribution in [1.82, 2.24) is 15.5 Å². The van der Waals surface area contributed by atoms with E-state index in [2.05, 4.69) is 10.6 Å². The number of urea groups is 1. The molecule has 2 aliphatic rings. The second-order valence-electron chi connectivity index (χ2n) is 10.0. The zero-order valence-corrected chi connectivity index (χ0v) is 19.5. The summed E-state index contributed by atoms with van der Waals surface area (Å²) in [5.74, 6) is -3.98. The van der Waals surface area contributed by atoms with Gasteiger partial charge in [0.25, 0.3) is 0 Å². The standard InChI is InChI=1S/C25H30N4O5/c1-24(2,3)29-20(30)17-18(21(29)31)25(22(32)33,12-7-13-27-23(26)34)28-19(17)16-11-6-9-14-8-4-5-10-15(14)16/h4-6,8-11,17-19,28H,7,12-13H2,1-3H3,(H,32,33)(H3,26,27,34). The maximum Gasteiger partial charge on any atom is 0.324 e. The number of aliphatic carboxylic acids is 1. The fourth-order valence-electron chi connectivity index (χ4n) is 5.56. The lowest BCUT2D eigenvalue weighted by Crippen LogP contribution is -2.57. The number of imide groups is 1. The van der Waals surface area contributed by atoms with Gasteiger partial charge >= 0.3 is 12.0 Å². The molecule has 0 spiro atoms. The van der Waals surface area contributed by atoms with Crippen LogP contribution in [0.25, 0.3) is 10.8 Å². The first-order valence-electron chi connectivity index (χ1n) is 11.4. The molecule has 2 saturated heterocycles.